The number of hydrogen-bond donors (Lipinski definition) is 1. The molecule has 3 nitrogen and oxygen atoms in total. The predicted octanol–water partition coefficient (Wildman–Crippen LogP) is 5.46. The highest BCUT2D eigenvalue weighted by molar-refractivity contribution is 5.95. The summed E-state index contributed by atoms with van der Waals surface area (Å²) in [4.78, 5) is 12.3. The molecule has 0 saturated carbocycles. The third kappa shape index (κ3) is 4.96. The maximum atomic E-state index is 12.3. The second kappa shape index (κ2) is 8.86. The van der Waals surface area contributed by atoms with E-state index in [1.165, 1.54) is 0 Å². The first kappa shape index (κ1) is 17.7. The molecular weight excluding hydrogens is 322 g/mol. The van der Waals surface area contributed by atoms with E-state index in [-0.39, 0.29) is 5.91 Å². The Hall–Kier alpha value is -3.07. The van der Waals surface area contributed by atoms with Gasteiger partial charge in [-0.25, -0.2) is 0 Å². The van der Waals surface area contributed by atoms with Crippen molar-refractivity contribution in [1.29, 1.82) is 0 Å². The highest BCUT2D eigenvalue weighted by Crippen LogP contribution is 2.27. The van der Waals surface area contributed by atoms with Gasteiger partial charge in [0.15, 0.2) is 0 Å². The number of carbonyl (C=O) groups is 1. The second-order valence-corrected chi connectivity index (χ2v) is 6.23. The minimum Gasteiger partial charge on any atom is -0.494 e. The van der Waals surface area contributed by atoms with Crippen molar-refractivity contribution in [2.45, 2.75) is 19.8 Å². The third-order valence-electron chi connectivity index (χ3n) is 4.09. The van der Waals surface area contributed by atoms with Gasteiger partial charge in [0.25, 0.3) is 0 Å². The summed E-state index contributed by atoms with van der Waals surface area (Å²) in [5.41, 5.74) is 4.12. The number of nitrogens with one attached hydrogen (secondary N) is 1. The lowest BCUT2D eigenvalue weighted by molar-refractivity contribution is -0.116. The first-order valence-corrected chi connectivity index (χ1v) is 8.86. The molecule has 0 aromatic heterocycles. The molecule has 0 saturated heterocycles. The lowest BCUT2D eigenvalue weighted by Gasteiger charge is -2.11. The highest BCUT2D eigenvalue weighted by Gasteiger charge is 2.08. The quantitative estimate of drug-likeness (QED) is 0.577. The van der Waals surface area contributed by atoms with Crippen molar-refractivity contribution in [2.75, 3.05) is 11.9 Å². The summed E-state index contributed by atoms with van der Waals surface area (Å²) in [7, 11) is 0. The Balaban J connectivity index is 1.53. The largest absolute Gasteiger partial charge is 0.494 e. The maximum absolute atomic E-state index is 12.3. The van der Waals surface area contributed by atoms with Gasteiger partial charge in [0.2, 0.25) is 5.91 Å². The molecule has 0 atom stereocenters. The van der Waals surface area contributed by atoms with Crippen molar-refractivity contribution in [1.82, 2.24) is 0 Å². The minimum atomic E-state index is 0.00113. The molecule has 132 valence electrons. The van der Waals surface area contributed by atoms with E-state index >= 15 is 0 Å². The molecule has 0 heterocycles. The Kier molecular flexibility index (Phi) is 6.05. The molecular formula is C23H23NO2. The van der Waals surface area contributed by atoms with Crippen molar-refractivity contribution >= 4 is 11.6 Å². The van der Waals surface area contributed by atoms with Crippen LogP contribution in [-0.2, 0) is 4.79 Å². The van der Waals surface area contributed by atoms with Gasteiger partial charge < -0.3 is 10.1 Å². The van der Waals surface area contributed by atoms with Crippen LogP contribution in [-0.4, -0.2) is 12.5 Å². The average molecular weight is 345 g/mol. The summed E-state index contributed by atoms with van der Waals surface area (Å²) in [5.74, 6) is 0.848. The molecule has 0 bridgehead atoms. The zero-order valence-electron chi connectivity index (χ0n) is 14.9. The van der Waals surface area contributed by atoms with Gasteiger partial charge in [0.05, 0.1) is 6.61 Å². The van der Waals surface area contributed by atoms with Gasteiger partial charge in [-0.05, 0) is 42.7 Å². The molecule has 1 amide bonds. The van der Waals surface area contributed by atoms with Crippen LogP contribution in [0.25, 0.3) is 11.1 Å². The Bertz CT molecular complexity index is 859. The topological polar surface area (TPSA) is 38.3 Å². The van der Waals surface area contributed by atoms with Crippen LogP contribution in [0, 0.1) is 6.92 Å². The standard InChI is InChI=1S/C23H23NO2/c1-18-9-7-12-20(17-18)26-16-8-15-23(25)24-22-14-6-5-13-21(22)19-10-3-2-4-11-19/h2-7,9-14,17H,8,15-16H2,1H3,(H,24,25). The van der Waals surface area contributed by atoms with Gasteiger partial charge in [-0.1, -0.05) is 60.7 Å². The molecule has 3 heteroatoms. The number of aryl methyl sites for hydroxylation is 1. The van der Waals surface area contributed by atoms with Crippen LogP contribution < -0.4 is 10.1 Å². The summed E-state index contributed by atoms with van der Waals surface area (Å²) in [6.45, 7) is 2.56. The third-order valence-corrected chi connectivity index (χ3v) is 4.09. The number of anilines is 1. The van der Waals surface area contributed by atoms with Crippen molar-refractivity contribution in [2.24, 2.45) is 0 Å². The summed E-state index contributed by atoms with van der Waals surface area (Å²) >= 11 is 0. The first-order valence-electron chi connectivity index (χ1n) is 8.86. The van der Waals surface area contributed by atoms with Crippen molar-refractivity contribution in [3.05, 3.63) is 84.4 Å². The monoisotopic (exact) mass is 345 g/mol. The smallest absolute Gasteiger partial charge is 0.224 e. The Labute approximate surface area is 154 Å². The van der Waals surface area contributed by atoms with Crippen molar-refractivity contribution in [3.63, 3.8) is 0 Å². The number of amides is 1. The molecule has 0 aliphatic heterocycles. The van der Waals surface area contributed by atoms with Crippen molar-refractivity contribution in [3.8, 4) is 16.9 Å². The molecule has 0 fully saturated rings. The van der Waals surface area contributed by atoms with E-state index in [1.54, 1.807) is 0 Å². The van der Waals surface area contributed by atoms with Crippen LogP contribution >= 0.6 is 0 Å². The molecule has 3 rings (SSSR count). The summed E-state index contributed by atoms with van der Waals surface area (Å²) in [5, 5.41) is 3.02. The van der Waals surface area contributed by atoms with E-state index < -0.39 is 0 Å². The SMILES string of the molecule is Cc1cccc(OCCCC(=O)Nc2ccccc2-c2ccccc2)c1. The van der Waals surface area contributed by atoms with E-state index in [4.69, 9.17) is 4.74 Å². The fourth-order valence-electron chi connectivity index (χ4n) is 2.80. The van der Waals surface area contributed by atoms with E-state index in [9.17, 15) is 4.79 Å². The number of benzene rings is 3. The second-order valence-electron chi connectivity index (χ2n) is 6.23. The lowest BCUT2D eigenvalue weighted by atomic mass is 10.0. The molecule has 1 N–H and O–H groups in total. The molecule has 3 aromatic carbocycles. The van der Waals surface area contributed by atoms with Gasteiger partial charge in [-0.3, -0.25) is 4.79 Å². The predicted molar refractivity (Wildman–Crippen MR) is 106 cm³/mol. The number of para-hydroxylation sites is 1. The molecule has 26 heavy (non-hydrogen) atoms. The van der Waals surface area contributed by atoms with Gasteiger partial charge in [0, 0.05) is 17.7 Å². The molecule has 0 unspecified atom stereocenters. The fraction of sp³-hybridized carbons (Fsp3) is 0.174. The number of carbonyl (C=O) groups excluding carboxylic acids is 1. The van der Waals surface area contributed by atoms with Crippen LogP contribution in [0.1, 0.15) is 18.4 Å². The van der Waals surface area contributed by atoms with Gasteiger partial charge in [-0.2, -0.15) is 0 Å². The van der Waals surface area contributed by atoms with Crippen LogP contribution in [0.3, 0.4) is 0 Å². The van der Waals surface area contributed by atoms with E-state index in [2.05, 4.69) is 5.32 Å². The molecule has 0 radical (unpaired) electrons. The normalized spacial score (nSPS) is 10.3. The van der Waals surface area contributed by atoms with E-state index in [0.29, 0.717) is 19.4 Å². The maximum Gasteiger partial charge on any atom is 0.224 e. The van der Waals surface area contributed by atoms with Gasteiger partial charge in [0.1, 0.15) is 5.75 Å². The number of rotatable bonds is 7. The van der Waals surface area contributed by atoms with Crippen LogP contribution in [0.4, 0.5) is 5.69 Å². The average Bonchev–Trinajstić information content (AvgIpc) is 2.66. The summed E-state index contributed by atoms with van der Waals surface area (Å²) in [6.07, 6.45) is 1.10. The van der Waals surface area contributed by atoms with E-state index in [0.717, 1.165) is 28.1 Å². The highest BCUT2D eigenvalue weighted by atomic mass is 16.5. The minimum absolute atomic E-state index is 0.00113. The Morgan fingerprint density at radius 1 is 0.923 bits per heavy atom. The number of ether oxygens (including phenoxy) is 1. The van der Waals surface area contributed by atoms with Gasteiger partial charge >= 0.3 is 0 Å². The van der Waals surface area contributed by atoms with Crippen molar-refractivity contribution < 1.29 is 9.53 Å². The Morgan fingerprint density at radius 2 is 1.69 bits per heavy atom. The van der Waals surface area contributed by atoms with Gasteiger partial charge in [-0.15, -0.1) is 0 Å². The van der Waals surface area contributed by atoms with Crippen LogP contribution in [0.5, 0.6) is 5.75 Å². The summed E-state index contributed by atoms with van der Waals surface area (Å²) < 4.78 is 5.70. The molecule has 0 aliphatic rings. The van der Waals surface area contributed by atoms with Crippen LogP contribution in [0.2, 0.25) is 0 Å². The molecule has 0 aliphatic carbocycles. The first-order chi connectivity index (χ1) is 12.7. The number of hydrogen-bond acceptors (Lipinski definition) is 2. The summed E-state index contributed by atoms with van der Waals surface area (Å²) in [6, 6.07) is 25.9. The molecule has 0 spiro atoms. The zero-order chi connectivity index (χ0) is 18.2. The lowest BCUT2D eigenvalue weighted by Crippen LogP contribution is -2.13. The van der Waals surface area contributed by atoms with E-state index in [1.807, 2.05) is 85.8 Å². The zero-order valence-corrected chi connectivity index (χ0v) is 14.9. The van der Waals surface area contributed by atoms with Crippen LogP contribution in [0.15, 0.2) is 78.9 Å². The molecule has 3 aromatic rings. The fourth-order valence-corrected chi connectivity index (χ4v) is 2.80. The Morgan fingerprint density at radius 3 is 2.50 bits per heavy atom.